The summed E-state index contributed by atoms with van der Waals surface area (Å²) in [7, 11) is 0. The van der Waals surface area contributed by atoms with Crippen molar-refractivity contribution in [3.8, 4) is 79.6 Å². The fraction of sp³-hybridized carbons (Fsp3) is 0.180. The number of benzene rings is 8. The molecule has 0 N–H and O–H groups in total. The van der Waals surface area contributed by atoms with Gasteiger partial charge in [-0.25, -0.2) is 0 Å². The van der Waals surface area contributed by atoms with Crippen molar-refractivity contribution in [3.05, 3.63) is 151 Å². The van der Waals surface area contributed by atoms with Gasteiger partial charge in [-0.15, -0.1) is 0 Å². The Labute approximate surface area is 421 Å². The van der Waals surface area contributed by atoms with Crippen molar-refractivity contribution >= 4 is 68.2 Å². The molecule has 8 aromatic carbocycles. The summed E-state index contributed by atoms with van der Waals surface area (Å²) in [4.78, 5) is 4.73. The van der Waals surface area contributed by atoms with E-state index < -0.39 is 0 Å². The number of hydrogen-bond acceptors (Lipinski definition) is 11. The molecule has 0 fully saturated rings. The van der Waals surface area contributed by atoms with Crippen LogP contribution >= 0.6 is 0 Å². The van der Waals surface area contributed by atoms with E-state index in [-0.39, 0.29) is 12.1 Å². The van der Waals surface area contributed by atoms with Crippen LogP contribution in [0.25, 0.3) is 44.5 Å². The predicted octanol–water partition coefficient (Wildman–Crippen LogP) is 11.2. The highest BCUT2D eigenvalue weighted by atomic mass is 16.6. The quantitative estimate of drug-likeness (QED) is 0.158. The number of rotatable bonds is 4. The van der Waals surface area contributed by atoms with Crippen LogP contribution in [0.2, 0.25) is 0 Å². The van der Waals surface area contributed by atoms with Crippen molar-refractivity contribution in [1.82, 2.24) is 0 Å². The van der Waals surface area contributed by atoms with Crippen molar-refractivity contribution in [2.45, 2.75) is 19.3 Å². The fourth-order valence-electron chi connectivity index (χ4n) is 12.3. The molecule has 0 amide bonds. The van der Waals surface area contributed by atoms with Gasteiger partial charge in [0.1, 0.15) is 64.2 Å². The number of hydrogen-bond donors (Lipinski definition) is 0. The van der Waals surface area contributed by atoms with Crippen molar-refractivity contribution in [1.29, 1.82) is 0 Å². The summed E-state index contributed by atoms with van der Waals surface area (Å²) in [6, 6.07) is 50.0. The zero-order chi connectivity index (χ0) is 48.1. The van der Waals surface area contributed by atoms with Crippen LogP contribution in [0.4, 0.5) is 34.1 Å². The maximum atomic E-state index is 6.39. The number of furan rings is 1. The predicted molar refractivity (Wildman–Crippen MR) is 283 cm³/mol. The Kier molecular flexibility index (Phi) is 8.54. The van der Waals surface area contributed by atoms with Crippen LogP contribution in [0, 0.1) is 0 Å². The van der Waals surface area contributed by atoms with Gasteiger partial charge in [-0.3, -0.25) is 0 Å². The summed E-state index contributed by atoms with van der Waals surface area (Å²) in [5, 5.41) is 1.09. The molecule has 7 aliphatic rings. The molecule has 0 unspecified atom stereocenters. The minimum absolute atomic E-state index is 0.257. The van der Waals surface area contributed by atoms with Gasteiger partial charge in [0.25, 0.3) is 6.71 Å². The molecule has 356 valence electrons. The first-order valence-corrected chi connectivity index (χ1v) is 25.1. The molecular weight excluding hydrogens is 915 g/mol. The number of ether oxygens (including phenoxy) is 8. The fourth-order valence-corrected chi connectivity index (χ4v) is 12.3. The zero-order valence-electron chi connectivity index (χ0n) is 40.1. The summed E-state index contributed by atoms with van der Waals surface area (Å²) in [6.45, 7) is 8.20. The van der Waals surface area contributed by atoms with Crippen LogP contribution in [0.1, 0.15) is 25.0 Å². The second kappa shape index (κ2) is 15.2. The van der Waals surface area contributed by atoms with Gasteiger partial charge in [0.15, 0.2) is 46.0 Å². The SMILES string of the molecule is CC1(C)c2cc(-c3cc4c5c(c3)N(c3ccc6c(c3)OCCO6)c3cc6c(cc3B5c3cc5c(cc3N4c3ccc4c(c3)OCCO4)OCCO5)OCCO6)ccc2-c2ccc(-c3cc4ccccc4o3)cc21. The lowest BCUT2D eigenvalue weighted by atomic mass is 9.33. The smallest absolute Gasteiger partial charge is 0.252 e. The third-order valence-electron chi connectivity index (χ3n) is 15.7. The molecule has 7 heterocycles. The van der Waals surface area contributed by atoms with Gasteiger partial charge in [-0.1, -0.05) is 56.3 Å². The minimum Gasteiger partial charge on any atom is -0.486 e. The van der Waals surface area contributed by atoms with Gasteiger partial charge in [0.05, 0.1) is 11.4 Å². The normalized spacial score (nSPS) is 16.5. The molecule has 0 radical (unpaired) electrons. The summed E-state index contributed by atoms with van der Waals surface area (Å²) in [6.07, 6.45) is 0. The van der Waals surface area contributed by atoms with Crippen molar-refractivity contribution < 1.29 is 42.3 Å². The molecule has 1 aliphatic carbocycles. The number of para-hydroxylation sites is 1. The largest absolute Gasteiger partial charge is 0.486 e. The first-order valence-electron chi connectivity index (χ1n) is 25.1. The molecule has 1 aromatic heterocycles. The van der Waals surface area contributed by atoms with Crippen molar-refractivity contribution in [2.75, 3.05) is 62.7 Å². The zero-order valence-corrected chi connectivity index (χ0v) is 40.1. The van der Waals surface area contributed by atoms with E-state index in [1.54, 1.807) is 0 Å². The van der Waals surface area contributed by atoms with Crippen LogP contribution < -0.4 is 64.1 Å². The van der Waals surface area contributed by atoms with Crippen LogP contribution in [-0.4, -0.2) is 59.6 Å². The third-order valence-corrected chi connectivity index (χ3v) is 15.7. The summed E-state index contributed by atoms with van der Waals surface area (Å²) < 4.78 is 56.7. The molecule has 9 aromatic rings. The average Bonchev–Trinajstić information content (AvgIpc) is 3.97. The Hall–Kier alpha value is -8.64. The number of anilines is 6. The maximum Gasteiger partial charge on any atom is 0.252 e. The maximum absolute atomic E-state index is 6.39. The Morgan fingerprint density at radius 3 is 1.40 bits per heavy atom. The average molecular weight is 961 g/mol. The highest BCUT2D eigenvalue weighted by Crippen LogP contribution is 2.54. The number of nitrogens with zero attached hydrogens (tertiary/aromatic N) is 2. The second-order valence-corrected chi connectivity index (χ2v) is 20.1. The first kappa shape index (κ1) is 41.0. The molecule has 16 rings (SSSR count). The van der Waals surface area contributed by atoms with Crippen LogP contribution in [-0.2, 0) is 5.41 Å². The Bertz CT molecular complexity index is 3680. The van der Waals surface area contributed by atoms with Gasteiger partial charge in [-0.2, -0.15) is 0 Å². The first-order chi connectivity index (χ1) is 35.9. The second-order valence-electron chi connectivity index (χ2n) is 20.1. The van der Waals surface area contributed by atoms with Gasteiger partial charge < -0.3 is 52.1 Å². The van der Waals surface area contributed by atoms with E-state index in [4.69, 9.17) is 42.3 Å². The van der Waals surface area contributed by atoms with E-state index >= 15 is 0 Å². The lowest BCUT2D eigenvalue weighted by molar-refractivity contribution is 0.171. The molecule has 6 aliphatic heterocycles. The van der Waals surface area contributed by atoms with E-state index in [0.29, 0.717) is 87.4 Å². The van der Waals surface area contributed by atoms with E-state index in [2.05, 4.69) is 139 Å². The van der Waals surface area contributed by atoms with Crippen LogP contribution in [0.3, 0.4) is 0 Å². The molecule has 0 spiro atoms. The topological polar surface area (TPSA) is 93.5 Å². The Morgan fingerprint density at radius 2 is 0.863 bits per heavy atom. The molecule has 11 nitrogen and oxygen atoms in total. The molecule has 0 saturated carbocycles. The highest BCUT2D eigenvalue weighted by Gasteiger charge is 2.46. The lowest BCUT2D eigenvalue weighted by Gasteiger charge is -2.45. The summed E-state index contributed by atoms with van der Waals surface area (Å²) in [5.74, 6) is 6.55. The van der Waals surface area contributed by atoms with Gasteiger partial charge in [0.2, 0.25) is 0 Å². The minimum atomic E-state index is -0.315. The molecule has 0 bridgehead atoms. The summed E-state index contributed by atoms with van der Waals surface area (Å²) >= 11 is 0. The van der Waals surface area contributed by atoms with E-state index in [0.717, 1.165) is 95.4 Å². The highest BCUT2D eigenvalue weighted by molar-refractivity contribution is 7.00. The van der Waals surface area contributed by atoms with E-state index in [1.165, 1.54) is 22.3 Å². The van der Waals surface area contributed by atoms with Crippen LogP contribution in [0.15, 0.2) is 144 Å². The van der Waals surface area contributed by atoms with Gasteiger partial charge in [0, 0.05) is 63.4 Å². The van der Waals surface area contributed by atoms with Crippen LogP contribution in [0.5, 0.6) is 46.0 Å². The van der Waals surface area contributed by atoms with Gasteiger partial charge >= 0.3 is 0 Å². The Balaban J connectivity index is 0.942. The number of fused-ring (bicyclic) bond motifs is 12. The molecule has 0 saturated heterocycles. The molecular formula is C61H45BN2O9. The molecule has 0 atom stereocenters. The Morgan fingerprint density at radius 1 is 0.397 bits per heavy atom. The molecule has 12 heteroatoms. The van der Waals surface area contributed by atoms with Crippen molar-refractivity contribution in [3.63, 3.8) is 0 Å². The van der Waals surface area contributed by atoms with E-state index in [9.17, 15) is 0 Å². The van der Waals surface area contributed by atoms with Gasteiger partial charge in [-0.05, 0) is 123 Å². The monoisotopic (exact) mass is 960 g/mol. The molecule has 73 heavy (non-hydrogen) atoms. The summed E-state index contributed by atoms with van der Waals surface area (Å²) in [5.41, 5.74) is 17.9. The van der Waals surface area contributed by atoms with E-state index in [1.807, 2.05) is 24.3 Å². The van der Waals surface area contributed by atoms with Crippen molar-refractivity contribution in [2.24, 2.45) is 0 Å². The lowest BCUT2D eigenvalue weighted by Crippen LogP contribution is -2.61. The third kappa shape index (κ3) is 6.06. The standard InChI is InChI=1S/C61H45BN2O9/c1-61(2)42-23-34(7-11-40(42)41-12-8-36(24-43(41)61)53-27-35-5-3-4-6-50(35)73-53)37-25-48-60-49(26-37)64(39-10-14-52-55(29-39)68-18-16-66-52)47-33-59-57(70-20-22-72-59)31-45(47)62(60)44-30-56-58(71-21-19-69-56)32-46(44)63(48)38-9-13-51-54(28-38)67-17-15-65-51/h3-14,23-33H,15-22H2,1-2H3.